The van der Waals surface area contributed by atoms with Gasteiger partial charge in [0.05, 0.1) is 12.1 Å². The van der Waals surface area contributed by atoms with Gasteiger partial charge in [-0.15, -0.1) is 11.3 Å². The number of benzene rings is 1. The van der Waals surface area contributed by atoms with Crippen LogP contribution in [0.1, 0.15) is 33.9 Å². The molecule has 3 rings (SSSR count). The highest BCUT2D eigenvalue weighted by molar-refractivity contribution is 7.09. The molecule has 0 unspecified atom stereocenters. The van der Waals surface area contributed by atoms with Crippen molar-refractivity contribution >= 4 is 17.2 Å². The molecule has 1 aromatic carbocycles. The van der Waals surface area contributed by atoms with Gasteiger partial charge in [0.15, 0.2) is 0 Å². The molecule has 5 nitrogen and oxygen atoms in total. The third-order valence-corrected chi connectivity index (χ3v) is 4.82. The van der Waals surface area contributed by atoms with E-state index in [2.05, 4.69) is 4.98 Å². The van der Waals surface area contributed by atoms with Crippen molar-refractivity contribution in [2.75, 3.05) is 13.7 Å². The van der Waals surface area contributed by atoms with Crippen LogP contribution >= 0.6 is 11.3 Å². The van der Waals surface area contributed by atoms with Gasteiger partial charge in [0.2, 0.25) is 0 Å². The molecule has 0 radical (unpaired) electrons. The minimum absolute atomic E-state index is 0.00192. The minimum Gasteiger partial charge on any atom is -0.496 e. The summed E-state index contributed by atoms with van der Waals surface area (Å²) >= 11 is 1.50. The summed E-state index contributed by atoms with van der Waals surface area (Å²) < 4.78 is 5.40. The van der Waals surface area contributed by atoms with E-state index in [4.69, 9.17) is 10.5 Å². The van der Waals surface area contributed by atoms with Crippen molar-refractivity contribution in [3.63, 3.8) is 0 Å². The van der Waals surface area contributed by atoms with E-state index in [1.807, 2.05) is 34.5 Å². The van der Waals surface area contributed by atoms with Crippen molar-refractivity contribution in [3.05, 3.63) is 45.9 Å². The first-order valence-corrected chi connectivity index (χ1v) is 8.68. The number of aromatic nitrogens is 1. The predicted octanol–water partition coefficient (Wildman–Crippen LogP) is 2.46. The van der Waals surface area contributed by atoms with E-state index in [0.29, 0.717) is 31.2 Å². The van der Waals surface area contributed by atoms with E-state index in [-0.39, 0.29) is 5.91 Å². The number of carbonyl (C=O) groups is 1. The van der Waals surface area contributed by atoms with Crippen molar-refractivity contribution in [2.24, 2.45) is 5.73 Å². The molecule has 6 heteroatoms. The summed E-state index contributed by atoms with van der Waals surface area (Å²) in [6, 6.07) is 8.14. The van der Waals surface area contributed by atoms with Crippen molar-refractivity contribution in [1.82, 2.24) is 9.88 Å². The maximum Gasteiger partial charge on any atom is 0.273 e. The molecule has 0 spiro atoms. The normalized spacial score (nSPS) is 13.8. The van der Waals surface area contributed by atoms with Crippen LogP contribution in [0, 0.1) is 0 Å². The lowest BCUT2D eigenvalue weighted by atomic mass is 10.1. The average Bonchev–Trinajstić information content (AvgIpc) is 3.31. The molecule has 23 heavy (non-hydrogen) atoms. The smallest absolute Gasteiger partial charge is 0.273 e. The molecular weight excluding hydrogens is 310 g/mol. The zero-order chi connectivity index (χ0) is 16.2. The molecule has 1 fully saturated rings. The van der Waals surface area contributed by atoms with Gasteiger partial charge < -0.3 is 15.4 Å². The first kappa shape index (κ1) is 16.0. The zero-order valence-electron chi connectivity index (χ0n) is 13.2. The zero-order valence-corrected chi connectivity index (χ0v) is 14.0. The number of carbonyl (C=O) groups excluding carboxylic acids is 1. The number of ether oxygens (including phenoxy) is 1. The monoisotopic (exact) mass is 331 g/mol. The lowest BCUT2D eigenvalue weighted by molar-refractivity contribution is 0.0723. The summed E-state index contributed by atoms with van der Waals surface area (Å²) in [5, 5.41) is 2.76. The number of thiazole rings is 1. The average molecular weight is 331 g/mol. The third kappa shape index (κ3) is 3.71. The number of nitrogens with two attached hydrogens (primary N) is 1. The Bertz CT molecular complexity index is 682. The van der Waals surface area contributed by atoms with Crippen molar-refractivity contribution in [3.8, 4) is 5.75 Å². The van der Waals surface area contributed by atoms with Gasteiger partial charge in [-0.05, 0) is 25.5 Å². The molecule has 1 heterocycles. The van der Waals surface area contributed by atoms with E-state index < -0.39 is 0 Å². The predicted molar refractivity (Wildman–Crippen MR) is 90.8 cm³/mol. The van der Waals surface area contributed by atoms with Crippen LogP contribution in [0.25, 0.3) is 0 Å². The molecule has 0 aliphatic heterocycles. The number of rotatable bonds is 7. The Morgan fingerprint density at radius 2 is 2.22 bits per heavy atom. The van der Waals surface area contributed by atoms with Crippen molar-refractivity contribution in [2.45, 2.75) is 31.8 Å². The maximum absolute atomic E-state index is 12.8. The van der Waals surface area contributed by atoms with Crippen LogP contribution in [0.3, 0.4) is 0 Å². The number of hydrogen-bond acceptors (Lipinski definition) is 5. The molecule has 2 aromatic rings. The minimum atomic E-state index is -0.00192. The fourth-order valence-corrected chi connectivity index (χ4v) is 3.35. The summed E-state index contributed by atoms with van der Waals surface area (Å²) in [6.07, 6.45) is 2.83. The summed E-state index contributed by atoms with van der Waals surface area (Å²) in [5.74, 6) is 0.811. The molecule has 1 amide bonds. The topological polar surface area (TPSA) is 68.5 Å². The Morgan fingerprint density at radius 3 is 2.91 bits per heavy atom. The second-order valence-electron chi connectivity index (χ2n) is 5.64. The second-order valence-corrected chi connectivity index (χ2v) is 6.58. The van der Waals surface area contributed by atoms with Gasteiger partial charge in [0.25, 0.3) is 5.91 Å². The fourth-order valence-electron chi connectivity index (χ4n) is 2.56. The Balaban J connectivity index is 1.79. The number of nitrogens with zero attached hydrogens (tertiary/aromatic N) is 2. The van der Waals surface area contributed by atoms with E-state index in [1.54, 1.807) is 7.11 Å². The van der Waals surface area contributed by atoms with Crippen LogP contribution < -0.4 is 10.5 Å². The van der Waals surface area contributed by atoms with Gasteiger partial charge in [0.1, 0.15) is 11.4 Å². The molecule has 0 atom stereocenters. The summed E-state index contributed by atoms with van der Waals surface area (Å²) in [6.45, 7) is 1.10. The van der Waals surface area contributed by atoms with Crippen LogP contribution in [-0.2, 0) is 13.0 Å². The standard InChI is InChI=1S/C17H21N3O2S/c1-22-15-5-3-2-4-12(15)10-20(13-6-7-13)17(21)14-11-23-16(19-14)8-9-18/h2-5,11,13H,6-10,18H2,1H3. The molecular formula is C17H21N3O2S. The van der Waals surface area contributed by atoms with E-state index in [0.717, 1.165) is 29.2 Å². The van der Waals surface area contributed by atoms with Crippen LogP contribution in [0.2, 0.25) is 0 Å². The highest BCUT2D eigenvalue weighted by atomic mass is 32.1. The second kappa shape index (κ2) is 7.10. The summed E-state index contributed by atoms with van der Waals surface area (Å²) in [7, 11) is 1.65. The van der Waals surface area contributed by atoms with Crippen molar-refractivity contribution < 1.29 is 9.53 Å². The van der Waals surface area contributed by atoms with Gasteiger partial charge in [-0.1, -0.05) is 18.2 Å². The van der Waals surface area contributed by atoms with E-state index in [9.17, 15) is 4.79 Å². The highest BCUT2D eigenvalue weighted by Gasteiger charge is 2.34. The number of amides is 1. The van der Waals surface area contributed by atoms with Gasteiger partial charge in [-0.2, -0.15) is 0 Å². The van der Waals surface area contributed by atoms with Crippen LogP contribution in [-0.4, -0.2) is 35.5 Å². The van der Waals surface area contributed by atoms with Crippen LogP contribution in [0.5, 0.6) is 5.75 Å². The molecule has 0 saturated heterocycles. The van der Waals surface area contributed by atoms with Gasteiger partial charge >= 0.3 is 0 Å². The number of para-hydroxylation sites is 1. The number of methoxy groups -OCH3 is 1. The fraction of sp³-hybridized carbons (Fsp3) is 0.412. The molecule has 1 aliphatic rings. The first-order valence-electron chi connectivity index (χ1n) is 7.80. The highest BCUT2D eigenvalue weighted by Crippen LogP contribution is 2.31. The lowest BCUT2D eigenvalue weighted by Crippen LogP contribution is -2.33. The molecule has 1 saturated carbocycles. The Hall–Kier alpha value is -1.92. The summed E-state index contributed by atoms with van der Waals surface area (Å²) in [5.41, 5.74) is 7.10. The van der Waals surface area contributed by atoms with Crippen LogP contribution in [0.4, 0.5) is 0 Å². The maximum atomic E-state index is 12.8. The quantitative estimate of drug-likeness (QED) is 0.846. The summed E-state index contributed by atoms with van der Waals surface area (Å²) in [4.78, 5) is 19.2. The van der Waals surface area contributed by atoms with E-state index in [1.165, 1.54) is 11.3 Å². The molecule has 1 aliphatic carbocycles. The molecule has 0 bridgehead atoms. The Kier molecular flexibility index (Phi) is 4.93. The largest absolute Gasteiger partial charge is 0.496 e. The van der Waals surface area contributed by atoms with Gasteiger partial charge in [-0.25, -0.2) is 4.98 Å². The third-order valence-electron chi connectivity index (χ3n) is 3.91. The molecule has 122 valence electrons. The van der Waals surface area contributed by atoms with Gasteiger partial charge in [-0.3, -0.25) is 4.79 Å². The van der Waals surface area contributed by atoms with Gasteiger partial charge in [0, 0.05) is 30.0 Å². The first-order chi connectivity index (χ1) is 11.2. The molecule has 2 N–H and O–H groups in total. The molecule has 1 aromatic heterocycles. The van der Waals surface area contributed by atoms with Crippen molar-refractivity contribution in [1.29, 1.82) is 0 Å². The van der Waals surface area contributed by atoms with Crippen LogP contribution in [0.15, 0.2) is 29.6 Å². The lowest BCUT2D eigenvalue weighted by Gasteiger charge is -2.22. The SMILES string of the molecule is COc1ccccc1CN(C(=O)c1csc(CCN)n1)C1CC1. The van der Waals surface area contributed by atoms with E-state index >= 15 is 0 Å². The Morgan fingerprint density at radius 1 is 1.43 bits per heavy atom. The number of hydrogen-bond donors (Lipinski definition) is 1. The Labute approximate surface area is 140 Å².